The van der Waals surface area contributed by atoms with E-state index in [1.165, 1.54) is 32.5 Å². The maximum atomic E-state index is 5.62. The molecule has 1 aliphatic rings. The van der Waals surface area contributed by atoms with Crippen LogP contribution < -0.4 is 5.32 Å². The molecule has 0 unspecified atom stereocenters. The van der Waals surface area contributed by atoms with Crippen molar-refractivity contribution in [2.24, 2.45) is 11.8 Å². The van der Waals surface area contributed by atoms with Gasteiger partial charge in [-0.15, -0.1) is 12.4 Å². The van der Waals surface area contributed by atoms with E-state index >= 15 is 0 Å². The zero-order valence-corrected chi connectivity index (χ0v) is 12.4. The van der Waals surface area contributed by atoms with E-state index in [2.05, 4.69) is 24.1 Å². The third kappa shape index (κ3) is 7.98. The average Bonchev–Trinajstić information content (AvgIpc) is 2.27. The Balaban J connectivity index is 0.00000256. The number of hydrogen-bond donors (Lipinski definition) is 1. The van der Waals surface area contributed by atoms with E-state index in [0.717, 1.165) is 25.7 Å². The molecule has 0 aliphatic carbocycles. The summed E-state index contributed by atoms with van der Waals surface area (Å²) in [6.45, 7) is 11.0. The van der Waals surface area contributed by atoms with Crippen LogP contribution in [0, 0.1) is 11.8 Å². The predicted octanol–water partition coefficient (Wildman–Crippen LogP) is 2.01. The smallest absolute Gasteiger partial charge is 0.0593 e. The minimum atomic E-state index is 0. The summed E-state index contributed by atoms with van der Waals surface area (Å²) in [5.74, 6) is 1.54. The van der Waals surface area contributed by atoms with Crippen molar-refractivity contribution in [1.82, 2.24) is 10.2 Å². The molecule has 17 heavy (non-hydrogen) atoms. The fourth-order valence-corrected chi connectivity index (χ4v) is 2.22. The Hall–Kier alpha value is 0.170. The van der Waals surface area contributed by atoms with E-state index in [4.69, 9.17) is 4.74 Å². The Morgan fingerprint density at radius 2 is 1.94 bits per heavy atom. The summed E-state index contributed by atoms with van der Waals surface area (Å²) in [4.78, 5) is 2.53. The lowest BCUT2D eigenvalue weighted by Gasteiger charge is -2.31. The molecule has 1 fully saturated rings. The number of piperidine rings is 1. The first-order chi connectivity index (χ1) is 7.72. The quantitative estimate of drug-likeness (QED) is 0.712. The van der Waals surface area contributed by atoms with Crippen molar-refractivity contribution in [2.75, 3.05) is 46.4 Å². The van der Waals surface area contributed by atoms with E-state index in [0.29, 0.717) is 5.92 Å². The van der Waals surface area contributed by atoms with Gasteiger partial charge in [0, 0.05) is 13.2 Å². The van der Waals surface area contributed by atoms with Gasteiger partial charge >= 0.3 is 0 Å². The SMILES string of the molecule is CNCC1CCN(CCOCC(C)C)CC1.Cl. The Morgan fingerprint density at radius 3 is 2.47 bits per heavy atom. The van der Waals surface area contributed by atoms with Crippen LogP contribution in [0.4, 0.5) is 0 Å². The zero-order chi connectivity index (χ0) is 11.8. The first-order valence-corrected chi connectivity index (χ1v) is 6.67. The van der Waals surface area contributed by atoms with E-state index in [1.54, 1.807) is 0 Å². The molecular weight excluding hydrogens is 236 g/mol. The second kappa shape index (κ2) is 10.1. The highest BCUT2D eigenvalue weighted by atomic mass is 35.5. The van der Waals surface area contributed by atoms with Gasteiger partial charge in [-0.3, -0.25) is 0 Å². The maximum absolute atomic E-state index is 5.62. The highest BCUT2D eigenvalue weighted by molar-refractivity contribution is 5.85. The van der Waals surface area contributed by atoms with E-state index in [9.17, 15) is 0 Å². The van der Waals surface area contributed by atoms with Crippen molar-refractivity contribution < 1.29 is 4.74 Å². The largest absolute Gasteiger partial charge is 0.380 e. The van der Waals surface area contributed by atoms with Gasteiger partial charge < -0.3 is 15.0 Å². The molecule has 1 aliphatic heterocycles. The van der Waals surface area contributed by atoms with Crippen molar-refractivity contribution in [3.8, 4) is 0 Å². The molecule has 1 N–H and O–H groups in total. The topological polar surface area (TPSA) is 24.5 Å². The Morgan fingerprint density at radius 1 is 1.29 bits per heavy atom. The molecule has 0 bridgehead atoms. The normalized spacial score (nSPS) is 18.4. The Bertz CT molecular complexity index is 171. The number of likely N-dealkylation sites (tertiary alicyclic amines) is 1. The summed E-state index contributed by atoms with van der Waals surface area (Å²) in [6.07, 6.45) is 2.68. The van der Waals surface area contributed by atoms with Crippen LogP contribution in [0.2, 0.25) is 0 Å². The molecule has 1 rings (SSSR count). The number of nitrogens with zero attached hydrogens (tertiary/aromatic N) is 1. The average molecular weight is 265 g/mol. The number of ether oxygens (including phenoxy) is 1. The number of hydrogen-bond acceptors (Lipinski definition) is 3. The maximum Gasteiger partial charge on any atom is 0.0593 e. The third-order valence-corrected chi connectivity index (χ3v) is 3.20. The van der Waals surface area contributed by atoms with Gasteiger partial charge in [-0.05, 0) is 51.4 Å². The monoisotopic (exact) mass is 264 g/mol. The highest BCUT2D eigenvalue weighted by Gasteiger charge is 2.17. The Labute approximate surface area is 113 Å². The summed E-state index contributed by atoms with van der Waals surface area (Å²) < 4.78 is 5.62. The van der Waals surface area contributed by atoms with Crippen LogP contribution in [-0.4, -0.2) is 51.3 Å². The van der Waals surface area contributed by atoms with Crippen molar-refractivity contribution in [3.05, 3.63) is 0 Å². The lowest BCUT2D eigenvalue weighted by Crippen LogP contribution is -2.38. The molecular formula is C13H29ClN2O. The molecule has 0 aromatic rings. The first kappa shape index (κ1) is 17.2. The van der Waals surface area contributed by atoms with Crippen LogP contribution >= 0.6 is 12.4 Å². The first-order valence-electron chi connectivity index (χ1n) is 6.67. The van der Waals surface area contributed by atoms with Crippen molar-refractivity contribution in [3.63, 3.8) is 0 Å². The van der Waals surface area contributed by atoms with Crippen LogP contribution in [0.5, 0.6) is 0 Å². The van der Waals surface area contributed by atoms with Crippen LogP contribution in [0.1, 0.15) is 26.7 Å². The summed E-state index contributed by atoms with van der Waals surface area (Å²) in [5, 5.41) is 3.27. The molecule has 0 atom stereocenters. The third-order valence-electron chi connectivity index (χ3n) is 3.20. The van der Waals surface area contributed by atoms with Gasteiger partial charge in [0.1, 0.15) is 0 Å². The molecule has 0 amide bonds. The summed E-state index contributed by atoms with van der Waals surface area (Å²) in [5.41, 5.74) is 0. The van der Waals surface area contributed by atoms with Gasteiger partial charge in [0.05, 0.1) is 6.61 Å². The summed E-state index contributed by atoms with van der Waals surface area (Å²) in [6, 6.07) is 0. The molecule has 0 aromatic heterocycles. The van der Waals surface area contributed by atoms with Gasteiger partial charge in [-0.2, -0.15) is 0 Å². The van der Waals surface area contributed by atoms with Crippen LogP contribution in [0.3, 0.4) is 0 Å². The second-order valence-electron chi connectivity index (χ2n) is 5.31. The van der Waals surface area contributed by atoms with E-state index < -0.39 is 0 Å². The number of nitrogens with one attached hydrogen (secondary N) is 1. The second-order valence-corrected chi connectivity index (χ2v) is 5.31. The highest BCUT2D eigenvalue weighted by Crippen LogP contribution is 2.15. The lowest BCUT2D eigenvalue weighted by atomic mass is 9.97. The lowest BCUT2D eigenvalue weighted by molar-refractivity contribution is 0.0740. The molecule has 4 heteroatoms. The van der Waals surface area contributed by atoms with Crippen molar-refractivity contribution >= 4 is 12.4 Å². The van der Waals surface area contributed by atoms with Gasteiger partial charge in [0.25, 0.3) is 0 Å². The fourth-order valence-electron chi connectivity index (χ4n) is 2.22. The van der Waals surface area contributed by atoms with Crippen molar-refractivity contribution in [2.45, 2.75) is 26.7 Å². The zero-order valence-electron chi connectivity index (χ0n) is 11.6. The number of halogens is 1. The minimum absolute atomic E-state index is 0. The van der Waals surface area contributed by atoms with E-state index in [-0.39, 0.29) is 12.4 Å². The predicted molar refractivity (Wildman–Crippen MR) is 76.0 cm³/mol. The molecule has 0 aromatic carbocycles. The minimum Gasteiger partial charge on any atom is -0.380 e. The Kier molecular flexibility index (Phi) is 10.2. The van der Waals surface area contributed by atoms with Gasteiger partial charge in [0.15, 0.2) is 0 Å². The van der Waals surface area contributed by atoms with Gasteiger partial charge in [-0.1, -0.05) is 13.8 Å². The molecule has 0 radical (unpaired) electrons. The molecule has 3 nitrogen and oxygen atoms in total. The molecule has 1 saturated heterocycles. The fraction of sp³-hybridized carbons (Fsp3) is 1.00. The number of rotatable bonds is 7. The summed E-state index contributed by atoms with van der Waals surface area (Å²) >= 11 is 0. The van der Waals surface area contributed by atoms with Gasteiger partial charge in [-0.25, -0.2) is 0 Å². The van der Waals surface area contributed by atoms with Crippen LogP contribution in [0.25, 0.3) is 0 Å². The van der Waals surface area contributed by atoms with Crippen molar-refractivity contribution in [1.29, 1.82) is 0 Å². The molecule has 0 saturated carbocycles. The van der Waals surface area contributed by atoms with E-state index in [1.807, 2.05) is 7.05 Å². The molecule has 104 valence electrons. The van der Waals surface area contributed by atoms with Crippen LogP contribution in [-0.2, 0) is 4.74 Å². The molecule has 1 heterocycles. The molecule has 0 spiro atoms. The standard InChI is InChI=1S/C13H28N2O.ClH/c1-12(2)11-16-9-8-15-6-4-13(5-7-15)10-14-3;/h12-14H,4-11H2,1-3H3;1H. The van der Waals surface area contributed by atoms with Gasteiger partial charge in [0.2, 0.25) is 0 Å². The van der Waals surface area contributed by atoms with Crippen LogP contribution in [0.15, 0.2) is 0 Å². The summed E-state index contributed by atoms with van der Waals surface area (Å²) in [7, 11) is 2.05.